The van der Waals surface area contributed by atoms with Crippen LogP contribution in [0.3, 0.4) is 0 Å². The molecule has 2 aromatic rings. The molecule has 2 fully saturated rings. The molecule has 126 valence electrons. The molecule has 0 unspecified atom stereocenters. The number of likely N-dealkylation sites (tertiary alicyclic amines) is 1. The summed E-state index contributed by atoms with van der Waals surface area (Å²) in [5, 5.41) is 5.36. The van der Waals surface area contributed by atoms with Gasteiger partial charge in [0.05, 0.1) is 0 Å². The molecule has 1 aliphatic heterocycles. The number of nitrogens with zero attached hydrogens (tertiary/aromatic N) is 1. The zero-order valence-corrected chi connectivity index (χ0v) is 14.7. The van der Waals surface area contributed by atoms with Crippen molar-refractivity contribution in [2.45, 2.75) is 38.3 Å². The van der Waals surface area contributed by atoms with Gasteiger partial charge in [-0.15, -0.1) is 11.3 Å². The maximum atomic E-state index is 11.9. The SMILES string of the molecule is O=C(NC1CCN(Cc2cccc(-c3cccs3)c2)CC1)C1CC1. The minimum Gasteiger partial charge on any atom is -0.353 e. The molecule has 24 heavy (non-hydrogen) atoms. The van der Waals surface area contributed by atoms with E-state index in [1.54, 1.807) is 11.3 Å². The van der Waals surface area contributed by atoms with E-state index in [1.165, 1.54) is 16.0 Å². The first-order chi connectivity index (χ1) is 11.8. The average molecular weight is 340 g/mol. The van der Waals surface area contributed by atoms with Crippen molar-refractivity contribution in [2.75, 3.05) is 13.1 Å². The highest BCUT2D eigenvalue weighted by atomic mass is 32.1. The van der Waals surface area contributed by atoms with Crippen LogP contribution < -0.4 is 5.32 Å². The topological polar surface area (TPSA) is 32.3 Å². The van der Waals surface area contributed by atoms with E-state index in [-0.39, 0.29) is 5.91 Å². The van der Waals surface area contributed by atoms with Crippen molar-refractivity contribution in [3.8, 4) is 10.4 Å². The number of benzene rings is 1. The fraction of sp³-hybridized carbons (Fsp3) is 0.450. The van der Waals surface area contributed by atoms with Crippen molar-refractivity contribution in [3.63, 3.8) is 0 Å². The molecular formula is C20H24N2OS. The largest absolute Gasteiger partial charge is 0.353 e. The summed E-state index contributed by atoms with van der Waals surface area (Å²) in [4.78, 5) is 15.7. The van der Waals surface area contributed by atoms with Crippen molar-refractivity contribution < 1.29 is 4.79 Å². The lowest BCUT2D eigenvalue weighted by atomic mass is 10.0. The van der Waals surface area contributed by atoms with E-state index in [9.17, 15) is 4.79 Å². The van der Waals surface area contributed by atoms with Crippen LogP contribution >= 0.6 is 11.3 Å². The first-order valence-electron chi connectivity index (χ1n) is 8.93. The van der Waals surface area contributed by atoms with Gasteiger partial charge in [-0.3, -0.25) is 9.69 Å². The number of hydrogen-bond donors (Lipinski definition) is 1. The van der Waals surface area contributed by atoms with Crippen molar-refractivity contribution in [2.24, 2.45) is 5.92 Å². The van der Waals surface area contributed by atoms with Crippen molar-refractivity contribution >= 4 is 17.2 Å². The van der Waals surface area contributed by atoms with Crippen LogP contribution in [0.2, 0.25) is 0 Å². The van der Waals surface area contributed by atoms with Crippen LogP contribution in [0.1, 0.15) is 31.2 Å². The first-order valence-corrected chi connectivity index (χ1v) is 9.81. The predicted molar refractivity (Wildman–Crippen MR) is 98.9 cm³/mol. The Morgan fingerprint density at radius 2 is 1.96 bits per heavy atom. The second-order valence-electron chi connectivity index (χ2n) is 7.01. The standard InChI is InChI=1S/C20H24N2OS/c23-20(16-6-7-16)21-18-8-10-22(11-9-18)14-15-3-1-4-17(13-15)19-5-2-12-24-19/h1-5,12-13,16,18H,6-11,14H2,(H,21,23). The molecule has 1 aromatic heterocycles. The Morgan fingerprint density at radius 1 is 1.12 bits per heavy atom. The summed E-state index contributed by atoms with van der Waals surface area (Å²) in [7, 11) is 0. The lowest BCUT2D eigenvalue weighted by Gasteiger charge is -2.32. The van der Waals surface area contributed by atoms with E-state index in [1.807, 2.05) is 0 Å². The van der Waals surface area contributed by atoms with Crippen LogP contribution in [0, 0.1) is 5.92 Å². The van der Waals surface area contributed by atoms with Gasteiger partial charge in [-0.2, -0.15) is 0 Å². The molecule has 1 saturated heterocycles. The second-order valence-corrected chi connectivity index (χ2v) is 7.96. The van der Waals surface area contributed by atoms with Gasteiger partial charge in [0.1, 0.15) is 0 Å². The number of hydrogen-bond acceptors (Lipinski definition) is 3. The van der Waals surface area contributed by atoms with E-state index >= 15 is 0 Å². The van der Waals surface area contributed by atoms with Gasteiger partial charge in [-0.1, -0.05) is 24.3 Å². The molecule has 0 bridgehead atoms. The van der Waals surface area contributed by atoms with E-state index < -0.39 is 0 Å². The Balaban J connectivity index is 1.30. The fourth-order valence-electron chi connectivity index (χ4n) is 3.42. The Morgan fingerprint density at radius 3 is 2.67 bits per heavy atom. The fourth-order valence-corrected chi connectivity index (χ4v) is 4.15. The molecule has 0 spiro atoms. The molecule has 4 heteroatoms. The lowest BCUT2D eigenvalue weighted by molar-refractivity contribution is -0.123. The summed E-state index contributed by atoms with van der Waals surface area (Å²) in [5.74, 6) is 0.611. The normalized spacial score (nSPS) is 19.3. The third kappa shape index (κ3) is 3.87. The van der Waals surface area contributed by atoms with Crippen LogP contribution in [0.4, 0.5) is 0 Å². The molecule has 1 N–H and O–H groups in total. The van der Waals surface area contributed by atoms with Gasteiger partial charge in [-0.05, 0) is 54.3 Å². The third-order valence-corrected chi connectivity index (χ3v) is 5.94. The highest BCUT2D eigenvalue weighted by Crippen LogP contribution is 2.29. The third-order valence-electron chi connectivity index (χ3n) is 5.02. The van der Waals surface area contributed by atoms with Gasteiger partial charge in [0.15, 0.2) is 0 Å². The Kier molecular flexibility index (Phi) is 4.67. The highest BCUT2D eigenvalue weighted by molar-refractivity contribution is 7.13. The molecule has 1 saturated carbocycles. The highest BCUT2D eigenvalue weighted by Gasteiger charge is 2.31. The summed E-state index contributed by atoms with van der Waals surface area (Å²) in [6, 6.07) is 13.5. The minimum atomic E-state index is 0.289. The van der Waals surface area contributed by atoms with Crippen LogP contribution in [-0.2, 0) is 11.3 Å². The summed E-state index contributed by atoms with van der Waals surface area (Å²) >= 11 is 1.79. The molecule has 1 aromatic carbocycles. The Hall–Kier alpha value is -1.65. The smallest absolute Gasteiger partial charge is 0.223 e. The summed E-state index contributed by atoms with van der Waals surface area (Å²) in [6.07, 6.45) is 4.32. The Labute approximate surface area is 147 Å². The van der Waals surface area contributed by atoms with Gasteiger partial charge < -0.3 is 5.32 Å². The first kappa shape index (κ1) is 15.9. The molecule has 1 amide bonds. The molecule has 3 nitrogen and oxygen atoms in total. The summed E-state index contributed by atoms with van der Waals surface area (Å²) in [5.41, 5.74) is 2.69. The quantitative estimate of drug-likeness (QED) is 0.895. The van der Waals surface area contributed by atoms with E-state index in [4.69, 9.17) is 0 Å². The molecule has 0 radical (unpaired) electrons. The second kappa shape index (κ2) is 7.08. The van der Waals surface area contributed by atoms with Gasteiger partial charge in [-0.25, -0.2) is 0 Å². The number of nitrogens with one attached hydrogen (secondary N) is 1. The molecule has 2 heterocycles. The zero-order chi connectivity index (χ0) is 16.4. The number of carbonyl (C=O) groups is 1. The summed E-state index contributed by atoms with van der Waals surface area (Å²) < 4.78 is 0. The van der Waals surface area contributed by atoms with Crippen LogP contribution in [0.15, 0.2) is 41.8 Å². The number of thiophene rings is 1. The molecule has 4 rings (SSSR count). The van der Waals surface area contributed by atoms with E-state index in [2.05, 4.69) is 52.0 Å². The van der Waals surface area contributed by atoms with Gasteiger partial charge in [0.2, 0.25) is 5.91 Å². The van der Waals surface area contributed by atoms with E-state index in [0.717, 1.165) is 45.3 Å². The number of rotatable bonds is 5. The van der Waals surface area contributed by atoms with Gasteiger partial charge in [0, 0.05) is 36.5 Å². The van der Waals surface area contributed by atoms with Gasteiger partial charge >= 0.3 is 0 Å². The summed E-state index contributed by atoms with van der Waals surface area (Å²) in [6.45, 7) is 3.14. The van der Waals surface area contributed by atoms with Crippen molar-refractivity contribution in [1.82, 2.24) is 10.2 Å². The van der Waals surface area contributed by atoms with Gasteiger partial charge in [0.25, 0.3) is 0 Å². The van der Waals surface area contributed by atoms with Crippen LogP contribution in [-0.4, -0.2) is 29.9 Å². The lowest BCUT2D eigenvalue weighted by Crippen LogP contribution is -2.44. The minimum absolute atomic E-state index is 0.289. The monoisotopic (exact) mass is 340 g/mol. The molecule has 1 aliphatic carbocycles. The average Bonchev–Trinajstić information content (AvgIpc) is 3.32. The van der Waals surface area contributed by atoms with Crippen molar-refractivity contribution in [1.29, 1.82) is 0 Å². The zero-order valence-electron chi connectivity index (χ0n) is 13.9. The molecule has 2 aliphatic rings. The number of amides is 1. The molecule has 0 atom stereocenters. The predicted octanol–water partition coefficient (Wildman–Crippen LogP) is 3.91. The maximum absolute atomic E-state index is 11.9. The Bertz CT molecular complexity index is 685. The number of piperidine rings is 1. The van der Waals surface area contributed by atoms with Crippen LogP contribution in [0.25, 0.3) is 10.4 Å². The molecular weight excluding hydrogens is 316 g/mol. The maximum Gasteiger partial charge on any atom is 0.223 e. The van der Waals surface area contributed by atoms with Crippen LogP contribution in [0.5, 0.6) is 0 Å². The number of carbonyl (C=O) groups excluding carboxylic acids is 1. The van der Waals surface area contributed by atoms with Crippen molar-refractivity contribution in [3.05, 3.63) is 47.3 Å². The van der Waals surface area contributed by atoms with E-state index in [0.29, 0.717) is 12.0 Å².